The molecule has 0 radical (unpaired) electrons. The smallest absolute Gasteiger partial charge is 0.412 e. The van der Waals surface area contributed by atoms with Crippen LogP contribution in [0.2, 0.25) is 0 Å². The summed E-state index contributed by atoms with van der Waals surface area (Å²) in [6, 6.07) is 3.85. The van der Waals surface area contributed by atoms with Crippen molar-refractivity contribution in [3.8, 4) is 0 Å². The highest BCUT2D eigenvalue weighted by atomic mass is 19.1. The molecule has 98 valence electrons. The molecule has 5 heteroatoms. The number of benzene rings is 1. The van der Waals surface area contributed by atoms with Gasteiger partial charge in [-0.25, -0.2) is 9.18 Å². The van der Waals surface area contributed by atoms with Gasteiger partial charge in [-0.1, -0.05) is 0 Å². The van der Waals surface area contributed by atoms with Gasteiger partial charge in [-0.3, -0.25) is 10.1 Å². The second-order valence-electron chi connectivity index (χ2n) is 4.88. The number of amides is 1. The molecule has 0 fully saturated rings. The summed E-state index contributed by atoms with van der Waals surface area (Å²) >= 11 is 0. The van der Waals surface area contributed by atoms with Crippen molar-refractivity contribution in [1.82, 2.24) is 0 Å². The molecule has 18 heavy (non-hydrogen) atoms. The highest BCUT2D eigenvalue weighted by Gasteiger charge is 2.17. The van der Waals surface area contributed by atoms with Crippen molar-refractivity contribution in [2.45, 2.75) is 33.3 Å². The van der Waals surface area contributed by atoms with Gasteiger partial charge in [-0.2, -0.15) is 0 Å². The Morgan fingerprint density at radius 2 is 1.89 bits per heavy atom. The number of ketones is 1. The third-order valence-electron chi connectivity index (χ3n) is 2.01. The van der Waals surface area contributed by atoms with Crippen LogP contribution in [0.5, 0.6) is 0 Å². The van der Waals surface area contributed by atoms with Crippen molar-refractivity contribution in [2.24, 2.45) is 0 Å². The molecule has 1 N–H and O–H groups in total. The number of nitrogens with one attached hydrogen (secondary N) is 1. The Bertz CT molecular complexity index is 478. The number of carbonyl (C=O) groups is 2. The highest BCUT2D eigenvalue weighted by Crippen LogP contribution is 2.17. The van der Waals surface area contributed by atoms with E-state index in [4.69, 9.17) is 4.74 Å². The molecule has 1 aromatic rings. The van der Waals surface area contributed by atoms with E-state index in [0.29, 0.717) is 0 Å². The molecule has 0 aromatic heterocycles. The van der Waals surface area contributed by atoms with Crippen LogP contribution in [0.25, 0.3) is 0 Å². The summed E-state index contributed by atoms with van der Waals surface area (Å²) in [5.41, 5.74) is -0.420. The number of ether oxygens (including phenoxy) is 1. The first kappa shape index (κ1) is 14.2. The third-order valence-corrected chi connectivity index (χ3v) is 2.01. The van der Waals surface area contributed by atoms with E-state index in [2.05, 4.69) is 5.32 Å². The Morgan fingerprint density at radius 1 is 1.28 bits per heavy atom. The van der Waals surface area contributed by atoms with Gasteiger partial charge in [0.25, 0.3) is 0 Å². The first-order valence-corrected chi connectivity index (χ1v) is 5.49. The van der Waals surface area contributed by atoms with Crippen LogP contribution < -0.4 is 5.32 Å². The van der Waals surface area contributed by atoms with Crippen LogP contribution in [0.1, 0.15) is 38.1 Å². The Morgan fingerprint density at radius 3 is 2.33 bits per heavy atom. The minimum atomic E-state index is -0.739. The molecular formula is C13H16FNO3. The van der Waals surface area contributed by atoms with Gasteiger partial charge in [0.05, 0.1) is 5.69 Å². The monoisotopic (exact) mass is 253 g/mol. The van der Waals surface area contributed by atoms with Crippen molar-refractivity contribution in [1.29, 1.82) is 0 Å². The molecule has 0 aliphatic carbocycles. The fraction of sp³-hybridized carbons (Fsp3) is 0.385. The van der Waals surface area contributed by atoms with Crippen LogP contribution in [0, 0.1) is 5.82 Å². The average molecular weight is 253 g/mol. The second-order valence-corrected chi connectivity index (χ2v) is 4.88. The maximum absolute atomic E-state index is 13.6. The van der Waals surface area contributed by atoms with E-state index in [9.17, 15) is 14.0 Å². The number of halogens is 1. The van der Waals surface area contributed by atoms with Crippen molar-refractivity contribution in [3.63, 3.8) is 0 Å². The predicted molar refractivity (Wildman–Crippen MR) is 66.3 cm³/mol. The molecule has 0 heterocycles. The van der Waals surface area contributed by atoms with E-state index in [-0.39, 0.29) is 17.0 Å². The van der Waals surface area contributed by atoms with Crippen molar-refractivity contribution in [3.05, 3.63) is 29.6 Å². The minimum absolute atomic E-state index is 0.0192. The van der Waals surface area contributed by atoms with E-state index in [0.717, 1.165) is 6.07 Å². The molecule has 0 aliphatic heterocycles. The molecule has 1 aromatic carbocycles. The van der Waals surface area contributed by atoms with E-state index in [1.54, 1.807) is 20.8 Å². The summed E-state index contributed by atoms with van der Waals surface area (Å²) < 4.78 is 18.6. The average Bonchev–Trinajstić information content (AvgIpc) is 2.17. The summed E-state index contributed by atoms with van der Waals surface area (Å²) in [5.74, 6) is -0.911. The third kappa shape index (κ3) is 4.16. The molecule has 0 unspecified atom stereocenters. The summed E-state index contributed by atoms with van der Waals surface area (Å²) in [4.78, 5) is 22.5. The zero-order valence-electron chi connectivity index (χ0n) is 10.8. The number of rotatable bonds is 2. The van der Waals surface area contributed by atoms with Gasteiger partial charge >= 0.3 is 6.09 Å². The summed E-state index contributed by atoms with van der Waals surface area (Å²) in [5, 5.41) is 2.29. The molecule has 1 amide bonds. The van der Waals surface area contributed by atoms with Crippen LogP contribution in [0.15, 0.2) is 18.2 Å². The Hall–Kier alpha value is -1.91. The lowest BCUT2D eigenvalue weighted by molar-refractivity contribution is 0.0635. The maximum Gasteiger partial charge on any atom is 0.412 e. The maximum atomic E-state index is 13.6. The van der Waals surface area contributed by atoms with E-state index in [1.165, 1.54) is 19.1 Å². The fourth-order valence-corrected chi connectivity index (χ4v) is 1.25. The van der Waals surface area contributed by atoms with Gasteiger partial charge in [0.2, 0.25) is 0 Å². The van der Waals surface area contributed by atoms with Gasteiger partial charge in [0, 0.05) is 5.56 Å². The van der Waals surface area contributed by atoms with Crippen molar-refractivity contribution in [2.75, 3.05) is 5.32 Å². The van der Waals surface area contributed by atoms with Gasteiger partial charge < -0.3 is 4.74 Å². The second kappa shape index (κ2) is 5.16. The van der Waals surface area contributed by atoms with Crippen molar-refractivity contribution >= 4 is 17.6 Å². The molecule has 0 aliphatic rings. The van der Waals surface area contributed by atoms with Crippen LogP contribution in [-0.4, -0.2) is 17.5 Å². The first-order valence-electron chi connectivity index (χ1n) is 5.49. The number of hydrogen-bond donors (Lipinski definition) is 1. The van der Waals surface area contributed by atoms with Gasteiger partial charge in [-0.15, -0.1) is 0 Å². The molecule has 0 spiro atoms. The van der Waals surface area contributed by atoms with Gasteiger partial charge in [-0.05, 0) is 45.9 Å². The topological polar surface area (TPSA) is 55.4 Å². The lowest BCUT2D eigenvalue weighted by Gasteiger charge is -2.19. The Labute approximate surface area is 105 Å². The minimum Gasteiger partial charge on any atom is -0.444 e. The van der Waals surface area contributed by atoms with E-state index in [1.807, 2.05) is 0 Å². The lowest BCUT2D eigenvalue weighted by atomic mass is 10.1. The fourth-order valence-electron chi connectivity index (χ4n) is 1.25. The van der Waals surface area contributed by atoms with Crippen LogP contribution in [0.4, 0.5) is 14.9 Å². The zero-order valence-corrected chi connectivity index (χ0v) is 10.8. The summed E-state index contributed by atoms with van der Waals surface area (Å²) in [7, 11) is 0. The predicted octanol–water partition coefficient (Wildman–Crippen LogP) is 3.38. The normalized spacial score (nSPS) is 10.9. The van der Waals surface area contributed by atoms with Crippen LogP contribution in [-0.2, 0) is 4.74 Å². The summed E-state index contributed by atoms with van der Waals surface area (Å²) in [6.45, 7) is 6.47. The molecule has 4 nitrogen and oxygen atoms in total. The summed E-state index contributed by atoms with van der Waals surface area (Å²) in [6.07, 6.45) is -0.739. The van der Waals surface area contributed by atoms with Crippen LogP contribution in [0.3, 0.4) is 0 Å². The molecule has 0 saturated carbocycles. The quantitative estimate of drug-likeness (QED) is 0.822. The van der Waals surface area contributed by atoms with Crippen molar-refractivity contribution < 1.29 is 18.7 Å². The molecule has 0 saturated heterocycles. The number of Topliss-reactive ketones (excluding diaryl/α,β-unsaturated/α-hetero) is 1. The highest BCUT2D eigenvalue weighted by molar-refractivity contribution is 5.95. The zero-order chi connectivity index (χ0) is 13.9. The van der Waals surface area contributed by atoms with Crippen LogP contribution >= 0.6 is 0 Å². The Balaban J connectivity index is 2.80. The number of hydrogen-bond acceptors (Lipinski definition) is 3. The molecule has 0 bridgehead atoms. The standard InChI is InChI=1S/C13H16FNO3/c1-8(16)9-5-6-11(10(14)7-9)15-12(17)18-13(2,3)4/h5-7H,1-4H3,(H,15,17). The molecular weight excluding hydrogens is 237 g/mol. The van der Waals surface area contributed by atoms with Gasteiger partial charge in [0.15, 0.2) is 5.78 Å². The molecule has 1 rings (SSSR count). The largest absolute Gasteiger partial charge is 0.444 e. The number of anilines is 1. The Kier molecular flexibility index (Phi) is 4.06. The van der Waals surface area contributed by atoms with E-state index < -0.39 is 17.5 Å². The van der Waals surface area contributed by atoms with E-state index >= 15 is 0 Å². The molecule has 0 atom stereocenters. The van der Waals surface area contributed by atoms with Gasteiger partial charge in [0.1, 0.15) is 11.4 Å². The lowest BCUT2D eigenvalue weighted by Crippen LogP contribution is -2.27. The first-order chi connectivity index (χ1) is 8.19. The number of carbonyl (C=O) groups excluding carboxylic acids is 2. The SMILES string of the molecule is CC(=O)c1ccc(NC(=O)OC(C)(C)C)c(F)c1.